The largest absolute Gasteiger partial charge is 0.450 e. The number of carbonyl (C=O) groups is 3. The van der Waals surface area contributed by atoms with E-state index < -0.39 is 0 Å². The Bertz CT molecular complexity index is 674. The average Bonchev–Trinajstić information content (AvgIpc) is 3.01. The Labute approximate surface area is 151 Å². The number of nitrogens with zero attached hydrogens (tertiary/aromatic N) is 3. The van der Waals surface area contributed by atoms with Crippen LogP contribution < -0.4 is 5.32 Å². The number of hydrogen-bond donors (Lipinski definition) is 1. The van der Waals surface area contributed by atoms with E-state index in [1.54, 1.807) is 29.7 Å². The summed E-state index contributed by atoms with van der Waals surface area (Å²) < 4.78 is 9.89. The molecule has 3 amide bonds. The van der Waals surface area contributed by atoms with Crippen LogP contribution in [0.15, 0.2) is 10.6 Å². The quantitative estimate of drug-likeness (QED) is 0.847. The number of hydrogen-bond acceptors (Lipinski definition) is 6. The molecule has 3 rings (SSSR count). The molecule has 26 heavy (non-hydrogen) atoms. The van der Waals surface area contributed by atoms with Crippen molar-refractivity contribution in [2.45, 2.75) is 32.7 Å². The van der Waals surface area contributed by atoms with Crippen molar-refractivity contribution < 1.29 is 23.6 Å². The number of aromatic nitrogens is 1. The minimum Gasteiger partial charge on any atom is -0.450 e. The van der Waals surface area contributed by atoms with Crippen LogP contribution >= 0.6 is 0 Å². The number of carbonyl (C=O) groups excluding carboxylic acids is 3. The summed E-state index contributed by atoms with van der Waals surface area (Å²) in [5.74, 6) is 0.126. The molecule has 0 bridgehead atoms. The van der Waals surface area contributed by atoms with Crippen molar-refractivity contribution in [1.82, 2.24) is 20.3 Å². The molecule has 3 heterocycles. The van der Waals surface area contributed by atoms with Crippen molar-refractivity contribution >= 4 is 17.9 Å². The molecule has 1 aromatic heterocycles. The second kappa shape index (κ2) is 7.76. The number of nitrogens with one attached hydrogen (secondary N) is 1. The van der Waals surface area contributed by atoms with Gasteiger partial charge in [0.2, 0.25) is 5.91 Å². The first-order valence-corrected chi connectivity index (χ1v) is 8.92. The van der Waals surface area contributed by atoms with Crippen LogP contribution in [0.3, 0.4) is 0 Å². The zero-order valence-electron chi connectivity index (χ0n) is 15.1. The molecule has 9 heteroatoms. The highest BCUT2D eigenvalue weighted by atomic mass is 16.6. The Balaban J connectivity index is 1.39. The molecular weight excluding hydrogens is 340 g/mol. The van der Waals surface area contributed by atoms with Gasteiger partial charge in [0, 0.05) is 38.3 Å². The maximum absolute atomic E-state index is 12.3. The molecule has 0 saturated carbocycles. The van der Waals surface area contributed by atoms with Crippen molar-refractivity contribution in [3.05, 3.63) is 17.5 Å². The summed E-state index contributed by atoms with van der Waals surface area (Å²) in [7, 11) is 0. The molecule has 0 radical (unpaired) electrons. The van der Waals surface area contributed by atoms with Gasteiger partial charge in [0.1, 0.15) is 5.76 Å². The van der Waals surface area contributed by atoms with Crippen LogP contribution in [0.1, 0.15) is 36.0 Å². The van der Waals surface area contributed by atoms with Gasteiger partial charge in [0.25, 0.3) is 5.91 Å². The number of ether oxygens (including phenoxy) is 1. The number of rotatable bonds is 4. The van der Waals surface area contributed by atoms with E-state index in [4.69, 9.17) is 9.26 Å². The van der Waals surface area contributed by atoms with Gasteiger partial charge in [-0.05, 0) is 26.7 Å². The first-order valence-electron chi connectivity index (χ1n) is 8.92. The van der Waals surface area contributed by atoms with E-state index in [1.807, 2.05) is 0 Å². The summed E-state index contributed by atoms with van der Waals surface area (Å²) in [5, 5.41) is 6.73. The van der Waals surface area contributed by atoms with E-state index in [9.17, 15) is 14.4 Å². The van der Waals surface area contributed by atoms with Gasteiger partial charge in [0.05, 0.1) is 12.5 Å². The molecule has 1 N–H and O–H groups in total. The first kappa shape index (κ1) is 18.2. The lowest BCUT2D eigenvalue weighted by molar-refractivity contribution is -0.130. The Kier molecular flexibility index (Phi) is 5.43. The zero-order valence-corrected chi connectivity index (χ0v) is 15.1. The summed E-state index contributed by atoms with van der Waals surface area (Å²) in [4.78, 5) is 39.4. The summed E-state index contributed by atoms with van der Waals surface area (Å²) in [5.41, 5.74) is 0.271. The zero-order chi connectivity index (χ0) is 18.7. The van der Waals surface area contributed by atoms with Gasteiger partial charge in [-0.1, -0.05) is 5.16 Å². The number of aryl methyl sites for hydroxylation is 1. The van der Waals surface area contributed by atoms with Crippen molar-refractivity contribution in [1.29, 1.82) is 0 Å². The Hall–Kier alpha value is -2.58. The normalized spacial score (nSPS) is 18.4. The van der Waals surface area contributed by atoms with E-state index in [2.05, 4.69) is 10.5 Å². The second-order valence-corrected chi connectivity index (χ2v) is 6.70. The molecule has 0 atom stereocenters. The predicted molar refractivity (Wildman–Crippen MR) is 90.4 cm³/mol. The van der Waals surface area contributed by atoms with Gasteiger partial charge in [-0.2, -0.15) is 0 Å². The summed E-state index contributed by atoms with van der Waals surface area (Å²) >= 11 is 0. The van der Waals surface area contributed by atoms with Gasteiger partial charge in [-0.15, -0.1) is 0 Å². The highest BCUT2D eigenvalue weighted by molar-refractivity contribution is 5.94. The third kappa shape index (κ3) is 3.97. The minimum atomic E-state index is -0.298. The second-order valence-electron chi connectivity index (χ2n) is 6.70. The average molecular weight is 364 g/mol. The molecule has 142 valence electrons. The van der Waals surface area contributed by atoms with Crippen LogP contribution in [0.2, 0.25) is 0 Å². The van der Waals surface area contributed by atoms with Gasteiger partial charge >= 0.3 is 6.09 Å². The van der Waals surface area contributed by atoms with Gasteiger partial charge < -0.3 is 24.4 Å². The molecule has 2 aliphatic rings. The van der Waals surface area contributed by atoms with Crippen molar-refractivity contribution in [3.63, 3.8) is 0 Å². The molecule has 9 nitrogen and oxygen atoms in total. The molecule has 2 aliphatic heterocycles. The molecular formula is C17H24N4O5. The van der Waals surface area contributed by atoms with Crippen LogP contribution in [-0.2, 0) is 9.53 Å². The van der Waals surface area contributed by atoms with Gasteiger partial charge in [-0.25, -0.2) is 4.79 Å². The summed E-state index contributed by atoms with van der Waals surface area (Å²) in [6, 6.07) is 1.64. The summed E-state index contributed by atoms with van der Waals surface area (Å²) in [6.45, 7) is 5.79. The molecule has 0 aliphatic carbocycles. The van der Waals surface area contributed by atoms with E-state index in [1.165, 1.54) is 0 Å². The monoisotopic (exact) mass is 364 g/mol. The maximum atomic E-state index is 12.3. The topological polar surface area (TPSA) is 105 Å². The maximum Gasteiger partial charge on any atom is 0.409 e. The van der Waals surface area contributed by atoms with E-state index in [0.29, 0.717) is 51.4 Å². The lowest BCUT2D eigenvalue weighted by atomic mass is 9.97. The van der Waals surface area contributed by atoms with Crippen LogP contribution in [0.4, 0.5) is 4.79 Å². The number of piperidine rings is 1. The van der Waals surface area contributed by atoms with Crippen LogP contribution in [0.25, 0.3) is 0 Å². The fourth-order valence-electron chi connectivity index (χ4n) is 3.18. The Morgan fingerprint density at radius 2 is 1.96 bits per heavy atom. The van der Waals surface area contributed by atoms with Crippen LogP contribution in [-0.4, -0.2) is 71.7 Å². The third-order valence-corrected chi connectivity index (χ3v) is 4.75. The number of likely N-dealkylation sites (tertiary alicyclic amines) is 2. The summed E-state index contributed by atoms with van der Waals surface area (Å²) in [6.07, 6.45) is 1.12. The third-order valence-electron chi connectivity index (χ3n) is 4.75. The van der Waals surface area contributed by atoms with Crippen molar-refractivity contribution in [3.8, 4) is 0 Å². The molecule has 0 aromatic carbocycles. The molecule has 0 unspecified atom stereocenters. The Morgan fingerprint density at radius 1 is 1.27 bits per heavy atom. The van der Waals surface area contributed by atoms with Gasteiger partial charge in [0.15, 0.2) is 5.69 Å². The highest BCUT2D eigenvalue weighted by Gasteiger charge is 2.38. The lowest BCUT2D eigenvalue weighted by Crippen LogP contribution is -2.57. The highest BCUT2D eigenvalue weighted by Crippen LogP contribution is 2.20. The van der Waals surface area contributed by atoms with E-state index >= 15 is 0 Å². The minimum absolute atomic E-state index is 0.0417. The molecule has 2 saturated heterocycles. The molecule has 1 aromatic rings. The van der Waals surface area contributed by atoms with Gasteiger partial charge in [-0.3, -0.25) is 9.59 Å². The molecule has 2 fully saturated rings. The van der Waals surface area contributed by atoms with Crippen molar-refractivity contribution in [2.75, 3.05) is 32.8 Å². The van der Waals surface area contributed by atoms with Crippen LogP contribution in [0, 0.1) is 12.8 Å². The fraction of sp³-hybridized carbons (Fsp3) is 0.647. The number of amides is 3. The first-order chi connectivity index (χ1) is 12.5. The smallest absolute Gasteiger partial charge is 0.409 e. The van der Waals surface area contributed by atoms with E-state index in [-0.39, 0.29) is 35.6 Å². The van der Waals surface area contributed by atoms with Crippen molar-refractivity contribution in [2.24, 2.45) is 5.92 Å². The standard InChI is InChI=1S/C17H24N4O5/c1-3-25-17(24)20-6-4-13(5-7-20)18-15(22)12-9-21(10-12)16(23)14-8-11(2)26-19-14/h8,12-13H,3-7,9-10H2,1-2H3,(H,18,22). The Morgan fingerprint density at radius 3 is 2.54 bits per heavy atom. The lowest BCUT2D eigenvalue weighted by Gasteiger charge is -2.39. The fourth-order valence-corrected chi connectivity index (χ4v) is 3.18. The van der Waals surface area contributed by atoms with Crippen LogP contribution in [0.5, 0.6) is 0 Å². The predicted octanol–water partition coefficient (Wildman–Crippen LogP) is 0.792. The SMILES string of the molecule is CCOC(=O)N1CCC(NC(=O)C2CN(C(=O)c3cc(C)on3)C2)CC1. The van der Waals surface area contributed by atoms with E-state index in [0.717, 1.165) is 0 Å². The molecule has 0 spiro atoms.